The molecule has 2 heterocycles. The largest absolute Gasteiger partial charge is 0.507 e. The molecular formula is C23H19FN2O5. The number of aliphatic hydroxyl groups is 1. The second-order valence-electron chi connectivity index (χ2n) is 6.97. The van der Waals surface area contributed by atoms with Gasteiger partial charge in [-0.05, 0) is 55.8 Å². The van der Waals surface area contributed by atoms with Crippen molar-refractivity contribution in [3.05, 3.63) is 82.9 Å². The van der Waals surface area contributed by atoms with Gasteiger partial charge in [0, 0.05) is 11.6 Å². The number of carbonyl (C=O) groups excluding carboxylic acids is 2. The maximum atomic E-state index is 13.3. The number of anilines is 1. The zero-order valence-corrected chi connectivity index (χ0v) is 16.8. The molecule has 1 atom stereocenters. The molecule has 1 aliphatic rings. The Hall–Kier alpha value is -3.94. The molecule has 8 heteroatoms. The highest BCUT2D eigenvalue weighted by atomic mass is 19.1. The second kappa shape index (κ2) is 8.06. The molecule has 1 amide bonds. The van der Waals surface area contributed by atoms with E-state index in [0.717, 1.165) is 12.1 Å². The van der Waals surface area contributed by atoms with Gasteiger partial charge in [-0.3, -0.25) is 14.5 Å². The number of amides is 1. The van der Waals surface area contributed by atoms with E-state index in [-0.39, 0.29) is 17.0 Å². The molecule has 1 saturated heterocycles. The number of aromatic nitrogens is 1. The minimum absolute atomic E-state index is 0.124. The number of hydrogen-bond donors (Lipinski definition) is 1. The topological polar surface area (TPSA) is 92.9 Å². The van der Waals surface area contributed by atoms with Gasteiger partial charge < -0.3 is 14.4 Å². The molecule has 0 aliphatic carbocycles. The van der Waals surface area contributed by atoms with Crippen molar-refractivity contribution in [2.75, 3.05) is 11.5 Å². The van der Waals surface area contributed by atoms with Crippen molar-refractivity contribution in [3.8, 4) is 5.75 Å². The average Bonchev–Trinajstić information content (AvgIpc) is 3.30. The third kappa shape index (κ3) is 3.68. The number of aliphatic hydroxyl groups excluding tert-OH is 1. The summed E-state index contributed by atoms with van der Waals surface area (Å²) in [6.45, 7) is 4.01. The summed E-state index contributed by atoms with van der Waals surface area (Å²) < 4.78 is 23.9. The molecule has 0 spiro atoms. The Morgan fingerprint density at radius 3 is 2.42 bits per heavy atom. The van der Waals surface area contributed by atoms with Crippen LogP contribution in [0.1, 0.15) is 29.9 Å². The first-order chi connectivity index (χ1) is 14.9. The molecule has 3 aromatic rings. The highest BCUT2D eigenvalue weighted by Gasteiger charge is 2.48. The van der Waals surface area contributed by atoms with Crippen molar-refractivity contribution in [1.29, 1.82) is 0 Å². The zero-order valence-electron chi connectivity index (χ0n) is 16.8. The molecule has 4 rings (SSSR count). The highest BCUT2D eigenvalue weighted by molar-refractivity contribution is 6.51. The SMILES string of the molecule is CCOc1ccc([C@H]2C(=C(O)c3ccc(F)cc3)C(=O)C(=O)N2c2cc(C)on2)cc1. The van der Waals surface area contributed by atoms with Gasteiger partial charge in [-0.1, -0.05) is 17.3 Å². The lowest BCUT2D eigenvalue weighted by molar-refractivity contribution is -0.132. The summed E-state index contributed by atoms with van der Waals surface area (Å²) in [7, 11) is 0. The monoisotopic (exact) mass is 422 g/mol. The smallest absolute Gasteiger partial charge is 0.301 e. The van der Waals surface area contributed by atoms with Gasteiger partial charge in [-0.15, -0.1) is 0 Å². The van der Waals surface area contributed by atoms with E-state index in [4.69, 9.17) is 9.26 Å². The number of ketones is 1. The van der Waals surface area contributed by atoms with Crippen LogP contribution in [-0.4, -0.2) is 28.6 Å². The summed E-state index contributed by atoms with van der Waals surface area (Å²) in [6.07, 6.45) is 0. The molecule has 31 heavy (non-hydrogen) atoms. The first-order valence-corrected chi connectivity index (χ1v) is 9.63. The van der Waals surface area contributed by atoms with Crippen molar-refractivity contribution in [2.45, 2.75) is 19.9 Å². The van der Waals surface area contributed by atoms with E-state index < -0.39 is 29.3 Å². The summed E-state index contributed by atoms with van der Waals surface area (Å²) >= 11 is 0. The Labute approximate surface area is 177 Å². The fourth-order valence-corrected chi connectivity index (χ4v) is 3.53. The molecule has 1 aliphatic heterocycles. The second-order valence-corrected chi connectivity index (χ2v) is 6.97. The van der Waals surface area contributed by atoms with E-state index in [1.165, 1.54) is 23.1 Å². The standard InChI is InChI=1S/C23H19FN2O5/c1-3-30-17-10-6-14(7-11-17)20-19(21(27)15-4-8-16(24)9-5-15)22(28)23(29)26(20)18-12-13(2)31-25-18/h4-12,20,27H,3H2,1-2H3/t20-/m0/s1. The maximum Gasteiger partial charge on any atom is 0.301 e. The molecule has 1 fully saturated rings. The molecule has 2 aromatic carbocycles. The Balaban J connectivity index is 1.89. The van der Waals surface area contributed by atoms with Crippen LogP contribution in [0.5, 0.6) is 5.75 Å². The zero-order chi connectivity index (χ0) is 22.1. The Kier molecular flexibility index (Phi) is 5.29. The normalized spacial score (nSPS) is 17.9. The average molecular weight is 422 g/mol. The number of Topliss-reactive ketones (excluding diaryl/α,β-unsaturated/α-hetero) is 1. The Bertz CT molecular complexity index is 1170. The molecule has 0 bridgehead atoms. The van der Waals surface area contributed by atoms with Crippen molar-refractivity contribution < 1.29 is 28.3 Å². The lowest BCUT2D eigenvalue weighted by Gasteiger charge is -2.23. The van der Waals surface area contributed by atoms with E-state index in [1.807, 2.05) is 6.92 Å². The van der Waals surface area contributed by atoms with Crippen molar-refractivity contribution >= 4 is 23.3 Å². The van der Waals surface area contributed by atoms with E-state index >= 15 is 0 Å². The fourth-order valence-electron chi connectivity index (χ4n) is 3.53. The van der Waals surface area contributed by atoms with Crippen LogP contribution in [0.25, 0.3) is 5.76 Å². The molecule has 158 valence electrons. The minimum atomic E-state index is -0.953. The van der Waals surface area contributed by atoms with Crippen molar-refractivity contribution in [3.63, 3.8) is 0 Å². The van der Waals surface area contributed by atoms with Crippen LogP contribution >= 0.6 is 0 Å². The number of nitrogens with zero attached hydrogens (tertiary/aromatic N) is 2. The van der Waals surface area contributed by atoms with Crippen LogP contribution < -0.4 is 9.64 Å². The first-order valence-electron chi connectivity index (χ1n) is 9.63. The quantitative estimate of drug-likeness (QED) is 0.377. The summed E-state index contributed by atoms with van der Waals surface area (Å²) in [6, 6.07) is 12.4. The van der Waals surface area contributed by atoms with Gasteiger partial charge in [0.2, 0.25) is 0 Å². The van der Waals surface area contributed by atoms with Crippen LogP contribution in [0, 0.1) is 12.7 Å². The van der Waals surface area contributed by atoms with E-state index in [9.17, 15) is 19.1 Å². The first kappa shape index (κ1) is 20.3. The number of carbonyl (C=O) groups is 2. The molecule has 1 N–H and O–H groups in total. The predicted molar refractivity (Wildman–Crippen MR) is 110 cm³/mol. The third-order valence-corrected chi connectivity index (χ3v) is 4.93. The van der Waals surface area contributed by atoms with Crippen LogP contribution in [-0.2, 0) is 9.59 Å². The molecule has 7 nitrogen and oxygen atoms in total. The van der Waals surface area contributed by atoms with Gasteiger partial charge in [0.1, 0.15) is 23.1 Å². The van der Waals surface area contributed by atoms with Crippen LogP contribution in [0.15, 0.2) is 64.7 Å². The summed E-state index contributed by atoms with van der Waals surface area (Å²) in [5.74, 6) is -1.38. The van der Waals surface area contributed by atoms with Gasteiger partial charge in [-0.2, -0.15) is 0 Å². The lowest BCUT2D eigenvalue weighted by atomic mass is 9.95. The van der Waals surface area contributed by atoms with E-state index in [1.54, 1.807) is 31.2 Å². The Morgan fingerprint density at radius 1 is 1.16 bits per heavy atom. The molecular weight excluding hydrogens is 403 g/mol. The molecule has 0 unspecified atom stereocenters. The maximum absolute atomic E-state index is 13.3. The van der Waals surface area contributed by atoms with Gasteiger partial charge in [-0.25, -0.2) is 4.39 Å². The summed E-state index contributed by atoms with van der Waals surface area (Å²) in [5.41, 5.74) is 0.653. The summed E-state index contributed by atoms with van der Waals surface area (Å²) in [4.78, 5) is 27.1. The fraction of sp³-hybridized carbons (Fsp3) is 0.174. The number of halogens is 1. The molecule has 0 radical (unpaired) electrons. The number of aryl methyl sites for hydroxylation is 1. The molecule has 1 aromatic heterocycles. The number of rotatable bonds is 5. The van der Waals surface area contributed by atoms with Gasteiger partial charge in [0.05, 0.1) is 18.2 Å². The minimum Gasteiger partial charge on any atom is -0.507 e. The number of benzene rings is 2. The van der Waals surface area contributed by atoms with Crippen LogP contribution in [0.3, 0.4) is 0 Å². The van der Waals surface area contributed by atoms with Gasteiger partial charge in [0.15, 0.2) is 5.82 Å². The third-order valence-electron chi connectivity index (χ3n) is 4.93. The summed E-state index contributed by atoms with van der Waals surface area (Å²) in [5, 5.41) is 14.8. The molecule has 0 saturated carbocycles. The Morgan fingerprint density at radius 2 is 1.84 bits per heavy atom. The van der Waals surface area contributed by atoms with Crippen molar-refractivity contribution in [1.82, 2.24) is 5.16 Å². The van der Waals surface area contributed by atoms with Gasteiger partial charge >= 0.3 is 5.91 Å². The van der Waals surface area contributed by atoms with E-state index in [2.05, 4.69) is 5.16 Å². The lowest BCUT2D eigenvalue weighted by Crippen LogP contribution is -2.29. The van der Waals surface area contributed by atoms with E-state index in [0.29, 0.717) is 23.7 Å². The van der Waals surface area contributed by atoms with Crippen LogP contribution in [0.4, 0.5) is 10.2 Å². The predicted octanol–water partition coefficient (Wildman–Crippen LogP) is 4.15. The highest BCUT2D eigenvalue weighted by Crippen LogP contribution is 2.42. The number of ether oxygens (including phenoxy) is 1. The van der Waals surface area contributed by atoms with Crippen LogP contribution in [0.2, 0.25) is 0 Å². The van der Waals surface area contributed by atoms with Gasteiger partial charge in [0.25, 0.3) is 5.78 Å². The number of hydrogen-bond acceptors (Lipinski definition) is 6. The van der Waals surface area contributed by atoms with Crippen molar-refractivity contribution in [2.24, 2.45) is 0 Å².